The molecule has 5 rings (SSSR count). The van der Waals surface area contributed by atoms with Crippen LogP contribution in [-0.2, 0) is 4.74 Å². The van der Waals surface area contributed by atoms with Crippen LogP contribution in [-0.4, -0.2) is 68.3 Å². The highest BCUT2D eigenvalue weighted by Crippen LogP contribution is 2.42. The van der Waals surface area contributed by atoms with Crippen LogP contribution in [0.1, 0.15) is 41.3 Å². The number of nitrogens with zero attached hydrogens (tertiary/aromatic N) is 5. The quantitative estimate of drug-likeness (QED) is 0.872. The van der Waals surface area contributed by atoms with E-state index < -0.39 is 0 Å². The molecule has 0 aromatic carbocycles. The van der Waals surface area contributed by atoms with Crippen molar-refractivity contribution in [3.8, 4) is 0 Å². The highest BCUT2D eigenvalue weighted by atomic mass is 16.5. The Kier molecular flexibility index (Phi) is 3.72. The van der Waals surface area contributed by atoms with Gasteiger partial charge in [-0.3, -0.25) is 9.69 Å². The number of hydrogen-bond donors (Lipinski definition) is 1. The highest BCUT2D eigenvalue weighted by Gasteiger charge is 2.57. The van der Waals surface area contributed by atoms with Crippen molar-refractivity contribution in [3.63, 3.8) is 0 Å². The Balaban J connectivity index is 1.38. The molecule has 1 amide bonds. The fourth-order valence-corrected chi connectivity index (χ4v) is 4.82. The molecule has 8 nitrogen and oxygen atoms in total. The van der Waals surface area contributed by atoms with Crippen LogP contribution in [0.3, 0.4) is 0 Å². The summed E-state index contributed by atoms with van der Waals surface area (Å²) in [4.78, 5) is 24.0. The minimum Gasteiger partial charge on any atom is -0.376 e. The van der Waals surface area contributed by atoms with Gasteiger partial charge in [0.05, 0.1) is 18.2 Å². The molecule has 4 heterocycles. The van der Waals surface area contributed by atoms with Gasteiger partial charge in [0.15, 0.2) is 0 Å². The van der Waals surface area contributed by atoms with Gasteiger partial charge in [0.2, 0.25) is 5.82 Å². The Morgan fingerprint density at radius 2 is 2.08 bits per heavy atom. The summed E-state index contributed by atoms with van der Waals surface area (Å²) in [6.45, 7) is 6.84. The maximum atomic E-state index is 12.8. The smallest absolute Gasteiger partial charge is 0.291 e. The normalized spacial score (nSPS) is 31.2. The first-order chi connectivity index (χ1) is 12.6. The van der Waals surface area contributed by atoms with Crippen LogP contribution in [0.15, 0.2) is 6.07 Å². The lowest BCUT2D eigenvalue weighted by Gasteiger charge is -2.51. The van der Waals surface area contributed by atoms with Gasteiger partial charge in [-0.15, -0.1) is 5.10 Å². The summed E-state index contributed by atoms with van der Waals surface area (Å²) in [6, 6.07) is 2.34. The summed E-state index contributed by atoms with van der Waals surface area (Å²) in [7, 11) is 0. The minimum atomic E-state index is -0.216. The molecule has 2 aromatic rings. The molecule has 26 heavy (non-hydrogen) atoms. The Morgan fingerprint density at radius 3 is 2.88 bits per heavy atom. The average molecular weight is 356 g/mol. The molecule has 2 aliphatic heterocycles. The van der Waals surface area contributed by atoms with Crippen LogP contribution in [0, 0.1) is 19.8 Å². The van der Waals surface area contributed by atoms with E-state index in [0.717, 1.165) is 37.5 Å². The topological polar surface area (TPSA) is 84.7 Å². The van der Waals surface area contributed by atoms with Gasteiger partial charge in [0.25, 0.3) is 11.7 Å². The summed E-state index contributed by atoms with van der Waals surface area (Å²) >= 11 is 0. The molecule has 1 aliphatic carbocycles. The summed E-state index contributed by atoms with van der Waals surface area (Å²) in [5.74, 6) is 0.851. The molecule has 2 aromatic heterocycles. The van der Waals surface area contributed by atoms with Crippen LogP contribution in [0.4, 0.5) is 0 Å². The van der Waals surface area contributed by atoms with Crippen LogP contribution in [0.2, 0.25) is 0 Å². The monoisotopic (exact) mass is 356 g/mol. The maximum Gasteiger partial charge on any atom is 0.291 e. The zero-order chi connectivity index (χ0) is 17.8. The zero-order valence-corrected chi connectivity index (χ0v) is 15.2. The van der Waals surface area contributed by atoms with E-state index in [0.29, 0.717) is 11.7 Å². The number of carbonyl (C=O) groups excluding carboxylic acids is 1. The molecule has 1 saturated carbocycles. The van der Waals surface area contributed by atoms with Crippen molar-refractivity contribution in [3.05, 3.63) is 23.3 Å². The van der Waals surface area contributed by atoms with Crippen molar-refractivity contribution in [2.75, 3.05) is 19.7 Å². The van der Waals surface area contributed by atoms with Crippen LogP contribution in [0.5, 0.6) is 0 Å². The number of aryl methyl sites for hydroxylation is 2. The second kappa shape index (κ2) is 5.99. The first kappa shape index (κ1) is 16.1. The molecule has 3 fully saturated rings. The van der Waals surface area contributed by atoms with Crippen molar-refractivity contribution >= 4 is 11.7 Å². The van der Waals surface area contributed by atoms with Crippen LogP contribution in [0.25, 0.3) is 5.78 Å². The molecule has 1 N–H and O–H groups in total. The van der Waals surface area contributed by atoms with Gasteiger partial charge in [-0.1, -0.05) is 0 Å². The summed E-state index contributed by atoms with van der Waals surface area (Å²) in [5.41, 5.74) is 1.79. The SMILES string of the molecule is Cc1cc(C)n2nc(C(=O)N[C@H]3[C@H]4CCO[C@H]4[C@@H]3N3CCCC3)nc2n1. The third-order valence-electron chi connectivity index (χ3n) is 6.03. The van der Waals surface area contributed by atoms with Gasteiger partial charge in [-0.2, -0.15) is 4.98 Å². The molecule has 0 unspecified atom stereocenters. The zero-order valence-electron chi connectivity index (χ0n) is 15.2. The van der Waals surface area contributed by atoms with E-state index in [1.54, 1.807) is 4.52 Å². The van der Waals surface area contributed by atoms with Gasteiger partial charge < -0.3 is 10.1 Å². The van der Waals surface area contributed by atoms with E-state index in [9.17, 15) is 4.79 Å². The van der Waals surface area contributed by atoms with E-state index in [-0.39, 0.29) is 29.9 Å². The lowest BCUT2D eigenvalue weighted by molar-refractivity contribution is -0.0748. The van der Waals surface area contributed by atoms with Crippen LogP contribution >= 0.6 is 0 Å². The van der Waals surface area contributed by atoms with Crippen molar-refractivity contribution < 1.29 is 9.53 Å². The van der Waals surface area contributed by atoms with E-state index in [2.05, 4.69) is 25.3 Å². The summed E-state index contributed by atoms with van der Waals surface area (Å²) in [5, 5.41) is 7.56. The Morgan fingerprint density at radius 1 is 1.27 bits per heavy atom. The molecule has 3 aliphatic rings. The predicted octanol–water partition coefficient (Wildman–Crippen LogP) is 0.723. The van der Waals surface area contributed by atoms with Gasteiger partial charge in [-0.05, 0) is 52.3 Å². The minimum absolute atomic E-state index is 0.121. The summed E-state index contributed by atoms with van der Waals surface area (Å²) in [6.07, 6.45) is 3.73. The summed E-state index contributed by atoms with van der Waals surface area (Å²) < 4.78 is 7.56. The van der Waals surface area contributed by atoms with E-state index in [1.807, 2.05) is 19.9 Å². The molecule has 2 saturated heterocycles. The fraction of sp³-hybridized carbons (Fsp3) is 0.667. The van der Waals surface area contributed by atoms with E-state index in [4.69, 9.17) is 4.74 Å². The fourth-order valence-electron chi connectivity index (χ4n) is 4.82. The first-order valence-electron chi connectivity index (χ1n) is 9.49. The lowest BCUT2D eigenvalue weighted by atomic mass is 9.70. The number of carbonyl (C=O) groups is 1. The third kappa shape index (κ3) is 2.43. The van der Waals surface area contributed by atoms with Crippen molar-refractivity contribution in [1.82, 2.24) is 29.8 Å². The highest BCUT2D eigenvalue weighted by molar-refractivity contribution is 5.91. The van der Waals surface area contributed by atoms with Crippen LogP contribution < -0.4 is 5.32 Å². The standard InChI is InChI=1S/C18H24N6O2/c1-10-9-11(2)24-18(19-10)21-16(22-24)17(25)20-13-12-5-8-26-15(12)14(13)23-6-3-4-7-23/h9,12-15H,3-8H2,1-2H3,(H,20,25)/t12-,13+,14-,15-/m1/s1. The molecular weight excluding hydrogens is 332 g/mol. The Bertz CT molecular complexity index is 854. The van der Waals surface area contributed by atoms with Crippen molar-refractivity contribution in [2.24, 2.45) is 5.92 Å². The number of aromatic nitrogens is 4. The lowest BCUT2D eigenvalue weighted by Crippen LogP contribution is -2.70. The van der Waals surface area contributed by atoms with Crippen molar-refractivity contribution in [1.29, 1.82) is 0 Å². The molecule has 138 valence electrons. The van der Waals surface area contributed by atoms with Crippen molar-refractivity contribution in [2.45, 2.75) is 51.3 Å². The molecule has 4 atom stereocenters. The van der Waals surface area contributed by atoms with Gasteiger partial charge in [-0.25, -0.2) is 9.50 Å². The van der Waals surface area contributed by atoms with Gasteiger partial charge in [0, 0.05) is 23.9 Å². The number of likely N-dealkylation sites (tertiary alicyclic amines) is 1. The largest absolute Gasteiger partial charge is 0.376 e. The number of hydrogen-bond acceptors (Lipinski definition) is 6. The number of fused-ring (bicyclic) bond motifs is 2. The number of rotatable bonds is 3. The number of ether oxygens (including phenoxy) is 1. The second-order valence-corrected chi connectivity index (χ2v) is 7.71. The Labute approximate surface area is 151 Å². The maximum absolute atomic E-state index is 12.8. The number of nitrogens with one attached hydrogen (secondary N) is 1. The molecule has 0 radical (unpaired) electrons. The third-order valence-corrected chi connectivity index (χ3v) is 6.03. The molecular formula is C18H24N6O2. The predicted molar refractivity (Wildman–Crippen MR) is 94.0 cm³/mol. The van der Waals surface area contributed by atoms with E-state index in [1.165, 1.54) is 12.8 Å². The average Bonchev–Trinajstić information content (AvgIpc) is 3.32. The molecule has 0 spiro atoms. The molecule has 0 bridgehead atoms. The molecule has 8 heteroatoms. The second-order valence-electron chi connectivity index (χ2n) is 7.71. The van der Waals surface area contributed by atoms with E-state index >= 15 is 0 Å². The number of amides is 1. The first-order valence-corrected chi connectivity index (χ1v) is 9.49. The Hall–Kier alpha value is -2.06. The van der Waals surface area contributed by atoms with Gasteiger partial charge in [0.1, 0.15) is 0 Å². The van der Waals surface area contributed by atoms with Gasteiger partial charge >= 0.3 is 0 Å².